The third kappa shape index (κ3) is 6.43. The summed E-state index contributed by atoms with van der Waals surface area (Å²) in [6, 6.07) is 20.7. The summed E-state index contributed by atoms with van der Waals surface area (Å²) in [6.45, 7) is 4.19. The minimum atomic E-state index is -0.795. The summed E-state index contributed by atoms with van der Waals surface area (Å²) in [6.07, 6.45) is -0.795. The fourth-order valence-electron chi connectivity index (χ4n) is 2.87. The van der Waals surface area contributed by atoms with Gasteiger partial charge in [0.1, 0.15) is 5.75 Å². The normalized spacial score (nSPS) is 10.2. The van der Waals surface area contributed by atoms with E-state index in [1.165, 1.54) is 12.1 Å². The van der Waals surface area contributed by atoms with Gasteiger partial charge in [0.2, 0.25) is 0 Å². The molecule has 0 unspecified atom stereocenters. The number of carbonyl (C=O) groups is 3. The highest BCUT2D eigenvalue weighted by molar-refractivity contribution is 6.04. The molecule has 0 bridgehead atoms. The van der Waals surface area contributed by atoms with Crippen molar-refractivity contribution in [3.8, 4) is 5.75 Å². The van der Waals surface area contributed by atoms with Crippen LogP contribution in [0.4, 0.5) is 10.5 Å². The van der Waals surface area contributed by atoms with E-state index in [9.17, 15) is 14.4 Å². The molecule has 7 nitrogen and oxygen atoms in total. The van der Waals surface area contributed by atoms with Gasteiger partial charge >= 0.3 is 6.16 Å². The molecule has 0 radical (unpaired) electrons. The van der Waals surface area contributed by atoms with E-state index >= 15 is 0 Å². The molecule has 7 heteroatoms. The van der Waals surface area contributed by atoms with Crippen LogP contribution >= 0.6 is 0 Å². The predicted molar refractivity (Wildman–Crippen MR) is 121 cm³/mol. The maximum absolute atomic E-state index is 12.5. The molecule has 0 saturated carbocycles. The standard InChI is InChI=1S/C25H24N2O5/c1-3-31-25(30)32-22-13-11-20(12-14-22)24(29)27-21-6-4-5-18(15-21)16-26-23(28)19-9-7-17(2)8-10-19/h4-15H,3,16H2,1-2H3,(H,26,28)(H,27,29). The summed E-state index contributed by atoms with van der Waals surface area (Å²) in [4.78, 5) is 36.2. The highest BCUT2D eigenvalue weighted by atomic mass is 16.7. The Hall–Kier alpha value is -4.13. The van der Waals surface area contributed by atoms with Crippen molar-refractivity contribution in [3.05, 3.63) is 95.1 Å². The molecule has 3 rings (SSSR count). The third-order valence-corrected chi connectivity index (χ3v) is 4.53. The van der Waals surface area contributed by atoms with Gasteiger partial charge in [0.05, 0.1) is 6.61 Å². The van der Waals surface area contributed by atoms with Gasteiger partial charge in [0.25, 0.3) is 11.8 Å². The Balaban J connectivity index is 1.56. The molecule has 0 spiro atoms. The number of nitrogens with one attached hydrogen (secondary N) is 2. The summed E-state index contributed by atoms with van der Waals surface area (Å²) >= 11 is 0. The van der Waals surface area contributed by atoms with E-state index in [0.29, 0.717) is 23.4 Å². The third-order valence-electron chi connectivity index (χ3n) is 4.53. The maximum atomic E-state index is 12.5. The lowest BCUT2D eigenvalue weighted by Crippen LogP contribution is -2.22. The van der Waals surface area contributed by atoms with Crippen molar-refractivity contribution in [2.45, 2.75) is 20.4 Å². The lowest BCUT2D eigenvalue weighted by molar-refractivity contribution is 0.0949. The number of ether oxygens (including phenoxy) is 2. The van der Waals surface area contributed by atoms with Crippen molar-refractivity contribution >= 4 is 23.7 Å². The molecule has 2 amide bonds. The monoisotopic (exact) mass is 432 g/mol. The number of aryl methyl sites for hydroxylation is 1. The predicted octanol–water partition coefficient (Wildman–Crippen LogP) is 4.71. The lowest BCUT2D eigenvalue weighted by Gasteiger charge is -2.10. The van der Waals surface area contributed by atoms with Gasteiger partial charge in [-0.1, -0.05) is 29.8 Å². The highest BCUT2D eigenvalue weighted by Crippen LogP contribution is 2.16. The Kier molecular flexibility index (Phi) is 7.59. The van der Waals surface area contributed by atoms with Crippen molar-refractivity contribution in [2.75, 3.05) is 11.9 Å². The molecule has 0 aromatic heterocycles. The Labute approximate surface area is 186 Å². The second kappa shape index (κ2) is 10.8. The van der Waals surface area contributed by atoms with Crippen LogP contribution in [0.15, 0.2) is 72.8 Å². The first kappa shape index (κ1) is 22.6. The van der Waals surface area contributed by atoms with Crippen molar-refractivity contribution in [1.82, 2.24) is 5.32 Å². The second-order valence-electron chi connectivity index (χ2n) is 7.01. The van der Waals surface area contributed by atoms with Crippen LogP contribution in [-0.2, 0) is 11.3 Å². The van der Waals surface area contributed by atoms with Crippen molar-refractivity contribution in [2.24, 2.45) is 0 Å². The van der Waals surface area contributed by atoms with Crippen LogP contribution in [0.1, 0.15) is 38.8 Å². The summed E-state index contributed by atoms with van der Waals surface area (Å²) in [7, 11) is 0. The van der Waals surface area contributed by atoms with E-state index in [2.05, 4.69) is 10.6 Å². The van der Waals surface area contributed by atoms with Gasteiger partial charge in [-0.3, -0.25) is 9.59 Å². The zero-order chi connectivity index (χ0) is 22.9. The number of rotatable bonds is 7. The first-order chi connectivity index (χ1) is 15.4. The smallest absolute Gasteiger partial charge is 0.434 e. The number of carbonyl (C=O) groups excluding carboxylic acids is 3. The van der Waals surface area contributed by atoms with Crippen LogP contribution < -0.4 is 15.4 Å². The number of anilines is 1. The van der Waals surface area contributed by atoms with Gasteiger partial charge < -0.3 is 20.1 Å². The van der Waals surface area contributed by atoms with Crippen LogP contribution in [-0.4, -0.2) is 24.6 Å². The Morgan fingerprint density at radius 3 is 2.19 bits per heavy atom. The second-order valence-corrected chi connectivity index (χ2v) is 7.01. The van der Waals surface area contributed by atoms with E-state index in [1.807, 2.05) is 25.1 Å². The molecule has 0 saturated heterocycles. The first-order valence-corrected chi connectivity index (χ1v) is 10.1. The minimum absolute atomic E-state index is 0.162. The van der Waals surface area contributed by atoms with Gasteiger partial charge in [-0.15, -0.1) is 0 Å². The molecule has 0 aliphatic heterocycles. The molecule has 164 valence electrons. The number of benzene rings is 3. The molecular formula is C25H24N2O5. The first-order valence-electron chi connectivity index (χ1n) is 10.1. The van der Waals surface area contributed by atoms with Crippen LogP contribution in [0.2, 0.25) is 0 Å². The Morgan fingerprint density at radius 1 is 0.844 bits per heavy atom. The number of hydrogen-bond donors (Lipinski definition) is 2. The largest absolute Gasteiger partial charge is 0.513 e. The van der Waals surface area contributed by atoms with Gasteiger partial charge in [0.15, 0.2) is 0 Å². The Bertz CT molecular complexity index is 1090. The van der Waals surface area contributed by atoms with E-state index in [-0.39, 0.29) is 24.2 Å². The molecular weight excluding hydrogens is 408 g/mol. The lowest BCUT2D eigenvalue weighted by atomic mass is 10.1. The van der Waals surface area contributed by atoms with Crippen LogP contribution in [0.5, 0.6) is 5.75 Å². The SMILES string of the molecule is CCOC(=O)Oc1ccc(C(=O)Nc2cccc(CNC(=O)c3ccc(C)cc3)c2)cc1. The van der Waals surface area contributed by atoms with Gasteiger partial charge in [0, 0.05) is 23.4 Å². The maximum Gasteiger partial charge on any atom is 0.513 e. The average Bonchev–Trinajstić information content (AvgIpc) is 2.79. The summed E-state index contributed by atoms with van der Waals surface area (Å²) in [5, 5.41) is 5.69. The topological polar surface area (TPSA) is 93.7 Å². The molecule has 32 heavy (non-hydrogen) atoms. The Morgan fingerprint density at radius 2 is 1.50 bits per heavy atom. The van der Waals surface area contributed by atoms with E-state index in [1.54, 1.807) is 49.4 Å². The van der Waals surface area contributed by atoms with Gasteiger partial charge in [-0.25, -0.2) is 4.79 Å². The zero-order valence-corrected chi connectivity index (χ0v) is 17.9. The van der Waals surface area contributed by atoms with Gasteiger partial charge in [-0.05, 0) is 67.9 Å². The van der Waals surface area contributed by atoms with Crippen LogP contribution in [0, 0.1) is 6.92 Å². The van der Waals surface area contributed by atoms with Crippen molar-refractivity contribution < 1.29 is 23.9 Å². The minimum Gasteiger partial charge on any atom is -0.434 e. The molecule has 2 N–H and O–H groups in total. The quantitative estimate of drug-likeness (QED) is 0.416. The number of amides is 2. The van der Waals surface area contributed by atoms with Gasteiger partial charge in [-0.2, -0.15) is 0 Å². The van der Waals surface area contributed by atoms with E-state index in [0.717, 1.165) is 11.1 Å². The van der Waals surface area contributed by atoms with E-state index in [4.69, 9.17) is 9.47 Å². The molecule has 3 aromatic rings. The average molecular weight is 432 g/mol. The van der Waals surface area contributed by atoms with Crippen LogP contribution in [0.3, 0.4) is 0 Å². The summed E-state index contributed by atoms with van der Waals surface area (Å²) in [5.74, 6) is -0.190. The molecule has 0 heterocycles. The van der Waals surface area contributed by atoms with Crippen molar-refractivity contribution in [3.63, 3.8) is 0 Å². The summed E-state index contributed by atoms with van der Waals surface area (Å²) < 4.78 is 9.69. The zero-order valence-electron chi connectivity index (χ0n) is 17.9. The number of hydrogen-bond acceptors (Lipinski definition) is 5. The fraction of sp³-hybridized carbons (Fsp3) is 0.160. The fourth-order valence-corrected chi connectivity index (χ4v) is 2.87. The van der Waals surface area contributed by atoms with E-state index < -0.39 is 6.16 Å². The molecule has 3 aromatic carbocycles. The van der Waals surface area contributed by atoms with Crippen LogP contribution in [0.25, 0.3) is 0 Å². The van der Waals surface area contributed by atoms with Crippen molar-refractivity contribution in [1.29, 1.82) is 0 Å². The highest BCUT2D eigenvalue weighted by Gasteiger charge is 2.10. The summed E-state index contributed by atoms with van der Waals surface area (Å²) in [5.41, 5.74) is 3.53. The molecule has 0 aliphatic rings. The molecule has 0 fully saturated rings. The molecule has 0 aliphatic carbocycles. The molecule has 0 atom stereocenters.